The highest BCUT2D eigenvalue weighted by Crippen LogP contribution is 2.19. The van der Waals surface area contributed by atoms with Gasteiger partial charge in [-0.1, -0.05) is 19.1 Å². The number of pyridine rings is 1. The van der Waals surface area contributed by atoms with Crippen LogP contribution in [0.1, 0.15) is 29.8 Å². The van der Waals surface area contributed by atoms with Gasteiger partial charge in [0.25, 0.3) is 0 Å². The molecule has 0 aliphatic heterocycles. The van der Waals surface area contributed by atoms with Crippen LogP contribution in [0.2, 0.25) is 0 Å². The largest absolute Gasteiger partial charge is 0.322 e. The van der Waals surface area contributed by atoms with Gasteiger partial charge in [-0.05, 0) is 42.2 Å². The first-order valence-electron chi connectivity index (χ1n) is 6.25. The molecule has 4 heteroatoms. The van der Waals surface area contributed by atoms with Crippen molar-refractivity contribution in [3.63, 3.8) is 0 Å². The Morgan fingerprint density at radius 1 is 1.21 bits per heavy atom. The Hall–Kier alpha value is -1.81. The predicted octanol–water partition coefficient (Wildman–Crippen LogP) is 3.16. The van der Waals surface area contributed by atoms with Crippen LogP contribution < -0.4 is 5.73 Å². The van der Waals surface area contributed by atoms with Gasteiger partial charge in [0.05, 0.1) is 11.7 Å². The molecule has 0 spiro atoms. The summed E-state index contributed by atoms with van der Waals surface area (Å²) in [6, 6.07) is 7.38. The summed E-state index contributed by atoms with van der Waals surface area (Å²) in [5, 5.41) is 0. The quantitative estimate of drug-likeness (QED) is 0.919. The van der Waals surface area contributed by atoms with Crippen LogP contribution in [0.3, 0.4) is 0 Å². The molecule has 0 saturated carbocycles. The third-order valence-corrected chi connectivity index (χ3v) is 3.10. The number of aryl methyl sites for hydroxylation is 1. The number of nitrogens with zero attached hydrogens (tertiary/aromatic N) is 1. The lowest BCUT2D eigenvalue weighted by Gasteiger charge is -2.14. The molecule has 0 saturated heterocycles. The SMILES string of the molecule is CCc1cccnc1C(N)Cc1ccc(F)c(F)c1. The summed E-state index contributed by atoms with van der Waals surface area (Å²) in [5.41, 5.74) is 8.67. The molecule has 0 aliphatic carbocycles. The van der Waals surface area contributed by atoms with E-state index in [9.17, 15) is 8.78 Å². The first-order valence-corrected chi connectivity index (χ1v) is 6.25. The Morgan fingerprint density at radius 2 is 2.00 bits per heavy atom. The lowest BCUT2D eigenvalue weighted by molar-refractivity contribution is 0.506. The lowest BCUT2D eigenvalue weighted by atomic mass is 9.99. The fourth-order valence-corrected chi connectivity index (χ4v) is 2.10. The van der Waals surface area contributed by atoms with E-state index < -0.39 is 11.6 Å². The molecule has 2 nitrogen and oxygen atoms in total. The van der Waals surface area contributed by atoms with Gasteiger partial charge in [0.1, 0.15) is 0 Å². The fraction of sp³-hybridized carbons (Fsp3) is 0.267. The summed E-state index contributed by atoms with van der Waals surface area (Å²) in [6.07, 6.45) is 2.97. The van der Waals surface area contributed by atoms with Gasteiger partial charge in [-0.2, -0.15) is 0 Å². The average molecular weight is 262 g/mol. The zero-order chi connectivity index (χ0) is 13.8. The molecule has 0 radical (unpaired) electrons. The fourth-order valence-electron chi connectivity index (χ4n) is 2.10. The number of benzene rings is 1. The van der Waals surface area contributed by atoms with Gasteiger partial charge < -0.3 is 5.73 Å². The third kappa shape index (κ3) is 3.15. The van der Waals surface area contributed by atoms with Crippen LogP contribution in [-0.2, 0) is 12.8 Å². The van der Waals surface area contributed by atoms with E-state index in [4.69, 9.17) is 5.73 Å². The summed E-state index contributed by atoms with van der Waals surface area (Å²) < 4.78 is 26.0. The summed E-state index contributed by atoms with van der Waals surface area (Å²) in [4.78, 5) is 4.29. The van der Waals surface area contributed by atoms with E-state index >= 15 is 0 Å². The predicted molar refractivity (Wildman–Crippen MR) is 70.6 cm³/mol. The highest BCUT2D eigenvalue weighted by molar-refractivity contribution is 5.26. The molecule has 0 amide bonds. The Bertz CT molecular complexity index is 570. The van der Waals surface area contributed by atoms with E-state index in [2.05, 4.69) is 4.98 Å². The minimum atomic E-state index is -0.846. The molecule has 2 N–H and O–H groups in total. The third-order valence-electron chi connectivity index (χ3n) is 3.10. The molecule has 1 unspecified atom stereocenters. The molecule has 2 aromatic rings. The number of rotatable bonds is 4. The number of nitrogens with two attached hydrogens (primary N) is 1. The zero-order valence-corrected chi connectivity index (χ0v) is 10.7. The van der Waals surface area contributed by atoms with E-state index in [0.717, 1.165) is 23.7 Å². The molecular weight excluding hydrogens is 246 g/mol. The van der Waals surface area contributed by atoms with Gasteiger partial charge in [0, 0.05) is 6.20 Å². The van der Waals surface area contributed by atoms with Crippen molar-refractivity contribution in [2.75, 3.05) is 0 Å². The van der Waals surface area contributed by atoms with Crippen LogP contribution in [0.4, 0.5) is 8.78 Å². The van der Waals surface area contributed by atoms with E-state index in [1.165, 1.54) is 6.07 Å². The molecule has 0 fully saturated rings. The van der Waals surface area contributed by atoms with Crippen molar-refractivity contribution in [3.05, 3.63) is 65.0 Å². The van der Waals surface area contributed by atoms with Crippen LogP contribution in [0.5, 0.6) is 0 Å². The Labute approximate surface area is 111 Å². The van der Waals surface area contributed by atoms with Crippen molar-refractivity contribution in [1.29, 1.82) is 0 Å². The molecule has 2 rings (SSSR count). The maximum atomic E-state index is 13.1. The zero-order valence-electron chi connectivity index (χ0n) is 10.7. The van der Waals surface area contributed by atoms with Crippen LogP contribution in [0, 0.1) is 11.6 Å². The number of hydrogen-bond donors (Lipinski definition) is 1. The van der Waals surface area contributed by atoms with E-state index in [0.29, 0.717) is 12.0 Å². The van der Waals surface area contributed by atoms with Crippen LogP contribution in [-0.4, -0.2) is 4.98 Å². The van der Waals surface area contributed by atoms with Crippen LogP contribution in [0.25, 0.3) is 0 Å². The Morgan fingerprint density at radius 3 is 2.68 bits per heavy atom. The van der Waals surface area contributed by atoms with Crippen LogP contribution in [0.15, 0.2) is 36.5 Å². The van der Waals surface area contributed by atoms with E-state index in [1.807, 2.05) is 19.1 Å². The summed E-state index contributed by atoms with van der Waals surface area (Å²) >= 11 is 0. The Balaban J connectivity index is 2.20. The number of halogens is 2. The standard InChI is InChI=1S/C15H16F2N2/c1-2-11-4-3-7-19-15(11)14(18)9-10-5-6-12(16)13(17)8-10/h3-8,14H,2,9,18H2,1H3. The van der Waals surface area contributed by atoms with E-state index in [1.54, 1.807) is 12.3 Å². The van der Waals surface area contributed by atoms with Gasteiger partial charge in [-0.25, -0.2) is 8.78 Å². The minimum Gasteiger partial charge on any atom is -0.322 e. The van der Waals surface area contributed by atoms with Crippen molar-refractivity contribution < 1.29 is 8.78 Å². The molecule has 1 atom stereocenters. The molecular formula is C15H16F2N2. The normalized spacial score (nSPS) is 12.4. The molecule has 19 heavy (non-hydrogen) atoms. The topological polar surface area (TPSA) is 38.9 Å². The summed E-state index contributed by atoms with van der Waals surface area (Å²) in [7, 11) is 0. The minimum absolute atomic E-state index is 0.319. The number of hydrogen-bond acceptors (Lipinski definition) is 2. The van der Waals surface area contributed by atoms with Gasteiger partial charge in [-0.15, -0.1) is 0 Å². The lowest BCUT2D eigenvalue weighted by Crippen LogP contribution is -2.17. The van der Waals surface area contributed by atoms with Gasteiger partial charge in [-0.3, -0.25) is 4.98 Å². The van der Waals surface area contributed by atoms with Crippen molar-refractivity contribution in [3.8, 4) is 0 Å². The first-order chi connectivity index (χ1) is 9.11. The molecule has 1 aromatic carbocycles. The summed E-state index contributed by atoms with van der Waals surface area (Å²) in [6.45, 7) is 2.03. The highest BCUT2D eigenvalue weighted by atomic mass is 19.2. The van der Waals surface area contributed by atoms with Crippen molar-refractivity contribution in [2.45, 2.75) is 25.8 Å². The second kappa shape index (κ2) is 5.89. The van der Waals surface area contributed by atoms with Gasteiger partial charge in [0.2, 0.25) is 0 Å². The van der Waals surface area contributed by atoms with Gasteiger partial charge in [0.15, 0.2) is 11.6 Å². The summed E-state index contributed by atoms with van der Waals surface area (Å²) in [5.74, 6) is -1.69. The van der Waals surface area contributed by atoms with Gasteiger partial charge >= 0.3 is 0 Å². The maximum absolute atomic E-state index is 13.1. The second-order valence-electron chi connectivity index (χ2n) is 4.46. The molecule has 100 valence electrons. The Kier molecular flexibility index (Phi) is 4.22. The second-order valence-corrected chi connectivity index (χ2v) is 4.46. The highest BCUT2D eigenvalue weighted by Gasteiger charge is 2.13. The molecule has 0 aliphatic rings. The molecule has 0 bridgehead atoms. The molecule has 1 aromatic heterocycles. The average Bonchev–Trinajstić information content (AvgIpc) is 2.43. The van der Waals surface area contributed by atoms with Crippen molar-refractivity contribution in [1.82, 2.24) is 4.98 Å². The number of aromatic nitrogens is 1. The van der Waals surface area contributed by atoms with E-state index in [-0.39, 0.29) is 6.04 Å². The van der Waals surface area contributed by atoms with Crippen molar-refractivity contribution in [2.24, 2.45) is 5.73 Å². The van der Waals surface area contributed by atoms with Crippen LogP contribution >= 0.6 is 0 Å². The monoisotopic (exact) mass is 262 g/mol. The van der Waals surface area contributed by atoms with Crippen molar-refractivity contribution >= 4 is 0 Å². The smallest absolute Gasteiger partial charge is 0.159 e. The maximum Gasteiger partial charge on any atom is 0.159 e. The molecule has 1 heterocycles. The first kappa shape index (κ1) is 13.6.